The smallest absolute Gasteiger partial charge is 0.332 e. The molecule has 9 heteroatoms. The molecule has 0 aliphatic carbocycles. The summed E-state index contributed by atoms with van der Waals surface area (Å²) in [4.78, 5) is 37.2. The van der Waals surface area contributed by atoms with Crippen molar-refractivity contribution in [2.24, 2.45) is 0 Å². The van der Waals surface area contributed by atoms with Crippen LogP contribution in [-0.4, -0.2) is 29.2 Å². The Balaban J connectivity index is 1.46. The average Bonchev–Trinajstić information content (AvgIpc) is 3.35. The van der Waals surface area contributed by atoms with Gasteiger partial charge in [0.15, 0.2) is 5.65 Å². The third-order valence-corrected chi connectivity index (χ3v) is 5.17. The van der Waals surface area contributed by atoms with Gasteiger partial charge in [-0.05, 0) is 39.2 Å². The molecular formula is C21H24N6O3. The number of aryl methyl sites for hydroxylation is 4. The Morgan fingerprint density at radius 1 is 1.07 bits per heavy atom. The van der Waals surface area contributed by atoms with Crippen LogP contribution in [0.1, 0.15) is 37.0 Å². The standard InChI is InChI=1S/C21H24N6O3/c1-4-26-19-17(22-14(3)23-19)20(28)27(21(26)29)12-8-7-11-16-24-18(25-30-16)15-10-6-5-9-13(15)2/h5-6,9-10H,4,7-8,11-12H2,1-3H3,(H,22,23). The molecule has 1 N–H and O–H groups in total. The van der Waals surface area contributed by atoms with E-state index < -0.39 is 0 Å². The van der Waals surface area contributed by atoms with Gasteiger partial charge in [-0.3, -0.25) is 13.9 Å². The molecule has 156 valence electrons. The maximum atomic E-state index is 12.7. The molecule has 3 aromatic heterocycles. The molecule has 30 heavy (non-hydrogen) atoms. The number of benzene rings is 1. The highest BCUT2D eigenvalue weighted by Gasteiger charge is 2.15. The summed E-state index contributed by atoms with van der Waals surface area (Å²) >= 11 is 0. The number of rotatable bonds is 7. The minimum atomic E-state index is -0.333. The van der Waals surface area contributed by atoms with Gasteiger partial charge in [-0.15, -0.1) is 0 Å². The van der Waals surface area contributed by atoms with E-state index in [1.807, 2.05) is 38.1 Å². The number of H-pyrrole nitrogens is 1. The fourth-order valence-electron chi connectivity index (χ4n) is 3.60. The molecule has 3 heterocycles. The van der Waals surface area contributed by atoms with Gasteiger partial charge in [-0.1, -0.05) is 29.4 Å². The first kappa shape index (κ1) is 19.8. The molecule has 0 radical (unpaired) electrons. The Kier molecular flexibility index (Phi) is 5.35. The van der Waals surface area contributed by atoms with E-state index in [0.29, 0.717) is 61.1 Å². The monoisotopic (exact) mass is 408 g/mol. The van der Waals surface area contributed by atoms with Gasteiger partial charge in [0.1, 0.15) is 11.3 Å². The lowest BCUT2D eigenvalue weighted by Crippen LogP contribution is -2.40. The molecule has 4 aromatic rings. The lowest BCUT2D eigenvalue weighted by atomic mass is 10.1. The average molecular weight is 408 g/mol. The second-order valence-electron chi connectivity index (χ2n) is 7.29. The number of imidazole rings is 1. The Labute approximate surface area is 172 Å². The lowest BCUT2D eigenvalue weighted by Gasteiger charge is -2.09. The summed E-state index contributed by atoms with van der Waals surface area (Å²) in [5.74, 6) is 1.73. The maximum absolute atomic E-state index is 12.7. The number of aromatic nitrogens is 6. The summed E-state index contributed by atoms with van der Waals surface area (Å²) in [6.07, 6.45) is 1.94. The first-order valence-electron chi connectivity index (χ1n) is 10.1. The molecule has 0 amide bonds. The Morgan fingerprint density at radius 3 is 2.63 bits per heavy atom. The normalized spacial score (nSPS) is 11.4. The minimum Gasteiger partial charge on any atom is -0.339 e. The molecule has 0 unspecified atom stereocenters. The van der Waals surface area contributed by atoms with Crippen LogP contribution in [0.15, 0.2) is 38.4 Å². The molecule has 0 spiro atoms. The largest absolute Gasteiger partial charge is 0.339 e. The van der Waals surface area contributed by atoms with Crippen LogP contribution in [0.4, 0.5) is 0 Å². The van der Waals surface area contributed by atoms with Crippen molar-refractivity contribution in [2.75, 3.05) is 0 Å². The van der Waals surface area contributed by atoms with E-state index in [1.165, 1.54) is 9.13 Å². The third kappa shape index (κ3) is 3.58. The molecule has 0 saturated heterocycles. The molecule has 9 nitrogen and oxygen atoms in total. The molecule has 0 saturated carbocycles. The summed E-state index contributed by atoms with van der Waals surface area (Å²) < 4.78 is 8.16. The first-order chi connectivity index (χ1) is 14.5. The molecule has 0 bridgehead atoms. The number of hydrogen-bond acceptors (Lipinski definition) is 6. The van der Waals surface area contributed by atoms with Gasteiger partial charge in [0.25, 0.3) is 5.56 Å². The van der Waals surface area contributed by atoms with E-state index in [9.17, 15) is 9.59 Å². The van der Waals surface area contributed by atoms with Gasteiger partial charge in [0, 0.05) is 25.1 Å². The van der Waals surface area contributed by atoms with Crippen LogP contribution in [0.25, 0.3) is 22.6 Å². The first-order valence-corrected chi connectivity index (χ1v) is 10.1. The van der Waals surface area contributed by atoms with Crippen molar-refractivity contribution in [1.82, 2.24) is 29.2 Å². The molecule has 4 rings (SSSR count). The molecular weight excluding hydrogens is 384 g/mol. The van der Waals surface area contributed by atoms with Gasteiger partial charge in [-0.2, -0.15) is 4.98 Å². The zero-order chi connectivity index (χ0) is 21.3. The van der Waals surface area contributed by atoms with Crippen LogP contribution in [0, 0.1) is 13.8 Å². The number of nitrogens with one attached hydrogen (secondary N) is 1. The minimum absolute atomic E-state index is 0.324. The van der Waals surface area contributed by atoms with Crippen LogP contribution in [0.2, 0.25) is 0 Å². The Morgan fingerprint density at radius 2 is 1.87 bits per heavy atom. The third-order valence-electron chi connectivity index (χ3n) is 5.17. The quantitative estimate of drug-likeness (QED) is 0.471. The predicted molar refractivity (Wildman–Crippen MR) is 112 cm³/mol. The van der Waals surface area contributed by atoms with E-state index >= 15 is 0 Å². The molecule has 0 aliphatic rings. The maximum Gasteiger partial charge on any atom is 0.332 e. The van der Waals surface area contributed by atoms with Crippen molar-refractivity contribution in [2.45, 2.75) is 53.1 Å². The molecule has 0 aliphatic heterocycles. The van der Waals surface area contributed by atoms with Crippen molar-refractivity contribution < 1.29 is 4.52 Å². The van der Waals surface area contributed by atoms with E-state index in [4.69, 9.17) is 4.52 Å². The van der Waals surface area contributed by atoms with E-state index in [2.05, 4.69) is 20.1 Å². The lowest BCUT2D eigenvalue weighted by molar-refractivity contribution is 0.372. The Hall–Kier alpha value is -3.49. The number of nitrogens with zero attached hydrogens (tertiary/aromatic N) is 5. The van der Waals surface area contributed by atoms with Crippen LogP contribution < -0.4 is 11.2 Å². The highest BCUT2D eigenvalue weighted by Crippen LogP contribution is 2.20. The molecule has 0 fully saturated rings. The van der Waals surface area contributed by atoms with Crippen LogP contribution in [0.3, 0.4) is 0 Å². The van der Waals surface area contributed by atoms with Crippen molar-refractivity contribution in [3.8, 4) is 11.4 Å². The summed E-state index contributed by atoms with van der Waals surface area (Å²) in [5.41, 5.74) is 2.15. The number of unbranched alkanes of at least 4 members (excludes halogenated alkanes) is 1. The topological polar surface area (TPSA) is 112 Å². The van der Waals surface area contributed by atoms with E-state index in [-0.39, 0.29) is 11.2 Å². The zero-order valence-electron chi connectivity index (χ0n) is 17.3. The number of hydrogen-bond donors (Lipinski definition) is 1. The van der Waals surface area contributed by atoms with Crippen LogP contribution in [-0.2, 0) is 19.5 Å². The van der Waals surface area contributed by atoms with Gasteiger partial charge in [0.2, 0.25) is 11.7 Å². The van der Waals surface area contributed by atoms with Crippen LogP contribution in [0.5, 0.6) is 0 Å². The van der Waals surface area contributed by atoms with E-state index in [1.54, 1.807) is 6.92 Å². The van der Waals surface area contributed by atoms with Crippen molar-refractivity contribution in [1.29, 1.82) is 0 Å². The fraction of sp³-hybridized carbons (Fsp3) is 0.381. The summed E-state index contributed by atoms with van der Waals surface area (Å²) in [6.45, 7) is 6.41. The second-order valence-corrected chi connectivity index (χ2v) is 7.29. The number of fused-ring (bicyclic) bond motifs is 1. The summed E-state index contributed by atoms with van der Waals surface area (Å²) in [5, 5.41) is 4.07. The second kappa shape index (κ2) is 8.10. The van der Waals surface area contributed by atoms with Gasteiger partial charge < -0.3 is 9.51 Å². The highest BCUT2D eigenvalue weighted by atomic mass is 16.5. The van der Waals surface area contributed by atoms with Gasteiger partial charge in [-0.25, -0.2) is 9.78 Å². The zero-order valence-corrected chi connectivity index (χ0v) is 17.3. The molecule has 1 aromatic carbocycles. The highest BCUT2D eigenvalue weighted by molar-refractivity contribution is 5.69. The van der Waals surface area contributed by atoms with Crippen LogP contribution >= 0.6 is 0 Å². The summed E-state index contributed by atoms with van der Waals surface area (Å²) in [6, 6.07) is 7.88. The van der Waals surface area contributed by atoms with Crippen molar-refractivity contribution in [3.63, 3.8) is 0 Å². The van der Waals surface area contributed by atoms with Gasteiger partial charge in [0.05, 0.1) is 0 Å². The predicted octanol–water partition coefficient (Wildman–Crippen LogP) is 2.60. The SMILES string of the molecule is CCn1c(=O)n(CCCCc2nc(-c3ccccc3C)no2)c(=O)c2[nH]c(C)nc21. The number of aromatic amines is 1. The summed E-state index contributed by atoms with van der Waals surface area (Å²) in [7, 11) is 0. The Bertz CT molecular complexity index is 1310. The van der Waals surface area contributed by atoms with Crippen molar-refractivity contribution >= 4 is 11.2 Å². The van der Waals surface area contributed by atoms with Gasteiger partial charge >= 0.3 is 5.69 Å². The molecule has 0 atom stereocenters. The van der Waals surface area contributed by atoms with E-state index in [0.717, 1.165) is 11.1 Å². The van der Waals surface area contributed by atoms with Crippen molar-refractivity contribution in [3.05, 3.63) is 62.4 Å². The fourth-order valence-corrected chi connectivity index (χ4v) is 3.60.